The molecule has 0 unspecified atom stereocenters. The number of halogens is 4. The Balaban J connectivity index is 0.00000169. The second kappa shape index (κ2) is 6.01. The zero-order chi connectivity index (χ0) is 9.84. The molecular weight excluding hydrogens is 235 g/mol. The summed E-state index contributed by atoms with van der Waals surface area (Å²) >= 11 is 5.71. The second-order valence-electron chi connectivity index (χ2n) is 2.30. The van der Waals surface area contributed by atoms with Gasteiger partial charge in [-0.1, -0.05) is 17.7 Å². The van der Waals surface area contributed by atoms with Gasteiger partial charge >= 0.3 is 6.61 Å². The van der Waals surface area contributed by atoms with Crippen molar-refractivity contribution >= 4 is 24.0 Å². The maximum absolute atomic E-state index is 11.9. The van der Waals surface area contributed by atoms with E-state index in [-0.39, 0.29) is 24.7 Å². The molecule has 0 aliphatic carbocycles. The first-order chi connectivity index (χ1) is 6.15. The van der Waals surface area contributed by atoms with Crippen molar-refractivity contribution in [2.24, 2.45) is 5.73 Å². The van der Waals surface area contributed by atoms with Crippen LogP contribution in [0.5, 0.6) is 5.75 Å². The van der Waals surface area contributed by atoms with Crippen LogP contribution < -0.4 is 10.5 Å². The Morgan fingerprint density at radius 2 is 2.07 bits per heavy atom. The molecule has 1 aromatic rings. The Hall–Kier alpha value is -0.580. The monoisotopic (exact) mass is 243 g/mol. The number of ether oxygens (including phenoxy) is 1. The van der Waals surface area contributed by atoms with Crippen molar-refractivity contribution in [3.8, 4) is 5.75 Å². The molecule has 0 radical (unpaired) electrons. The Labute approximate surface area is 91.4 Å². The van der Waals surface area contributed by atoms with Crippen molar-refractivity contribution in [3.05, 3.63) is 28.8 Å². The van der Waals surface area contributed by atoms with E-state index in [1.807, 2.05) is 0 Å². The Bertz CT molecular complexity index is 297. The molecule has 0 aliphatic heterocycles. The summed E-state index contributed by atoms with van der Waals surface area (Å²) < 4.78 is 27.9. The molecular formula is C8H9Cl2F2NO. The van der Waals surface area contributed by atoms with Crippen LogP contribution in [0.25, 0.3) is 0 Å². The van der Waals surface area contributed by atoms with E-state index >= 15 is 0 Å². The maximum Gasteiger partial charge on any atom is 0.387 e. The van der Waals surface area contributed by atoms with Gasteiger partial charge in [-0.3, -0.25) is 0 Å². The molecule has 1 rings (SSSR count). The first-order valence-electron chi connectivity index (χ1n) is 3.57. The molecule has 0 atom stereocenters. The molecule has 2 N–H and O–H groups in total. The standard InChI is InChI=1S/C8H8ClF2NO.ClH/c9-6-2-1-3-7(5(6)4-12)13-8(10)11;/h1-3,8H,4,12H2;1H. The lowest BCUT2D eigenvalue weighted by Crippen LogP contribution is -2.07. The zero-order valence-electron chi connectivity index (χ0n) is 7.04. The summed E-state index contributed by atoms with van der Waals surface area (Å²) in [5.41, 5.74) is 5.71. The van der Waals surface area contributed by atoms with E-state index in [4.69, 9.17) is 17.3 Å². The first kappa shape index (κ1) is 13.4. The Kier molecular flexibility index (Phi) is 5.76. The van der Waals surface area contributed by atoms with Crippen LogP contribution in [0.2, 0.25) is 5.02 Å². The topological polar surface area (TPSA) is 35.2 Å². The third kappa shape index (κ3) is 3.29. The molecule has 14 heavy (non-hydrogen) atoms. The van der Waals surface area contributed by atoms with Gasteiger partial charge in [0.15, 0.2) is 0 Å². The van der Waals surface area contributed by atoms with Crippen molar-refractivity contribution in [1.29, 1.82) is 0 Å². The highest BCUT2D eigenvalue weighted by Gasteiger charge is 2.10. The summed E-state index contributed by atoms with van der Waals surface area (Å²) in [5, 5.41) is 0.334. The summed E-state index contributed by atoms with van der Waals surface area (Å²) in [6.45, 7) is -2.79. The summed E-state index contributed by atoms with van der Waals surface area (Å²) in [6.07, 6.45) is 0. The lowest BCUT2D eigenvalue weighted by Gasteiger charge is -2.09. The van der Waals surface area contributed by atoms with Gasteiger partial charge in [0.25, 0.3) is 0 Å². The van der Waals surface area contributed by atoms with Crippen LogP contribution in [0.4, 0.5) is 8.78 Å². The van der Waals surface area contributed by atoms with Crippen LogP contribution in [0.15, 0.2) is 18.2 Å². The number of hydrogen-bond donors (Lipinski definition) is 1. The zero-order valence-corrected chi connectivity index (χ0v) is 8.62. The van der Waals surface area contributed by atoms with E-state index in [2.05, 4.69) is 4.74 Å². The van der Waals surface area contributed by atoms with Crippen molar-refractivity contribution in [2.75, 3.05) is 0 Å². The molecule has 6 heteroatoms. The van der Waals surface area contributed by atoms with Gasteiger partial charge < -0.3 is 10.5 Å². The number of benzene rings is 1. The van der Waals surface area contributed by atoms with Gasteiger partial charge in [-0.25, -0.2) is 0 Å². The smallest absolute Gasteiger partial charge is 0.387 e. The average molecular weight is 244 g/mol. The molecule has 2 nitrogen and oxygen atoms in total. The third-order valence-corrected chi connectivity index (χ3v) is 1.85. The number of nitrogens with two attached hydrogens (primary N) is 1. The van der Waals surface area contributed by atoms with Gasteiger partial charge in [0.2, 0.25) is 0 Å². The van der Waals surface area contributed by atoms with Gasteiger partial charge in [0, 0.05) is 17.1 Å². The van der Waals surface area contributed by atoms with Crippen LogP contribution in [0.1, 0.15) is 5.56 Å². The molecule has 0 saturated heterocycles. The largest absolute Gasteiger partial charge is 0.434 e. The number of hydrogen-bond acceptors (Lipinski definition) is 2. The van der Waals surface area contributed by atoms with Gasteiger partial charge in [-0.2, -0.15) is 8.78 Å². The minimum atomic E-state index is -2.86. The predicted molar refractivity (Wildman–Crippen MR) is 53.2 cm³/mol. The van der Waals surface area contributed by atoms with E-state index in [1.165, 1.54) is 12.1 Å². The van der Waals surface area contributed by atoms with Crippen LogP contribution in [0.3, 0.4) is 0 Å². The molecule has 0 aliphatic rings. The molecule has 80 valence electrons. The highest BCUT2D eigenvalue weighted by atomic mass is 35.5. The fourth-order valence-corrected chi connectivity index (χ4v) is 1.19. The molecule has 1 aromatic carbocycles. The summed E-state index contributed by atoms with van der Waals surface area (Å²) in [7, 11) is 0. The number of alkyl halides is 2. The molecule has 0 heterocycles. The minimum absolute atomic E-state index is 0. The van der Waals surface area contributed by atoms with Gasteiger partial charge in [-0.05, 0) is 12.1 Å². The Morgan fingerprint density at radius 3 is 2.57 bits per heavy atom. The molecule has 0 aromatic heterocycles. The van der Waals surface area contributed by atoms with E-state index in [1.54, 1.807) is 6.07 Å². The normalized spacial score (nSPS) is 9.79. The summed E-state index contributed by atoms with van der Waals surface area (Å²) in [6, 6.07) is 4.50. The van der Waals surface area contributed by atoms with Gasteiger partial charge in [0.05, 0.1) is 0 Å². The Morgan fingerprint density at radius 1 is 1.43 bits per heavy atom. The highest BCUT2D eigenvalue weighted by Crippen LogP contribution is 2.26. The van der Waals surface area contributed by atoms with E-state index < -0.39 is 6.61 Å². The predicted octanol–water partition coefficient (Wildman–Crippen LogP) is 2.82. The summed E-state index contributed by atoms with van der Waals surface area (Å²) in [4.78, 5) is 0. The van der Waals surface area contributed by atoms with Crippen molar-refractivity contribution < 1.29 is 13.5 Å². The average Bonchev–Trinajstić information content (AvgIpc) is 2.03. The minimum Gasteiger partial charge on any atom is -0.434 e. The molecule has 0 amide bonds. The fourth-order valence-electron chi connectivity index (χ4n) is 0.943. The molecule has 0 spiro atoms. The molecule has 0 fully saturated rings. The quantitative estimate of drug-likeness (QED) is 0.887. The van der Waals surface area contributed by atoms with Crippen LogP contribution in [-0.4, -0.2) is 6.61 Å². The highest BCUT2D eigenvalue weighted by molar-refractivity contribution is 6.31. The molecule has 0 bridgehead atoms. The van der Waals surface area contributed by atoms with Crippen LogP contribution in [0, 0.1) is 0 Å². The SMILES string of the molecule is Cl.NCc1c(Cl)cccc1OC(F)F. The lowest BCUT2D eigenvalue weighted by molar-refractivity contribution is -0.0504. The second-order valence-corrected chi connectivity index (χ2v) is 2.71. The van der Waals surface area contributed by atoms with Gasteiger partial charge in [0.1, 0.15) is 5.75 Å². The fraction of sp³-hybridized carbons (Fsp3) is 0.250. The summed E-state index contributed by atoms with van der Waals surface area (Å²) in [5.74, 6) is 0.0324. The molecule has 0 saturated carbocycles. The van der Waals surface area contributed by atoms with E-state index in [0.29, 0.717) is 10.6 Å². The lowest BCUT2D eigenvalue weighted by atomic mass is 10.2. The maximum atomic E-state index is 11.9. The van der Waals surface area contributed by atoms with Crippen molar-refractivity contribution in [2.45, 2.75) is 13.2 Å². The van der Waals surface area contributed by atoms with Gasteiger partial charge in [-0.15, -0.1) is 12.4 Å². The number of rotatable bonds is 3. The van der Waals surface area contributed by atoms with Crippen LogP contribution in [-0.2, 0) is 6.54 Å². The van der Waals surface area contributed by atoms with Crippen LogP contribution >= 0.6 is 24.0 Å². The third-order valence-electron chi connectivity index (χ3n) is 1.50. The van der Waals surface area contributed by atoms with E-state index in [0.717, 1.165) is 0 Å². The van der Waals surface area contributed by atoms with Crippen molar-refractivity contribution in [1.82, 2.24) is 0 Å². The van der Waals surface area contributed by atoms with Crippen molar-refractivity contribution in [3.63, 3.8) is 0 Å². The first-order valence-corrected chi connectivity index (χ1v) is 3.95. The van der Waals surface area contributed by atoms with E-state index in [9.17, 15) is 8.78 Å².